The van der Waals surface area contributed by atoms with Crippen LogP contribution in [0.3, 0.4) is 0 Å². The van der Waals surface area contributed by atoms with Crippen molar-refractivity contribution in [3.63, 3.8) is 0 Å². The van der Waals surface area contributed by atoms with Gasteiger partial charge in [-0.05, 0) is 42.5 Å². The van der Waals surface area contributed by atoms with Crippen molar-refractivity contribution in [1.82, 2.24) is 0 Å². The first-order valence-electron chi connectivity index (χ1n) is 5.75. The van der Waals surface area contributed by atoms with Gasteiger partial charge in [0.1, 0.15) is 11.5 Å². The lowest BCUT2D eigenvalue weighted by molar-refractivity contribution is 0.0988. The Morgan fingerprint density at radius 3 is 2.44 bits per heavy atom. The standard InChI is InChI=1S/C15H13ClO2/c1-2-15(17)11-6-8-13(9-7-11)18-14-5-3-4-12(16)10-14/h3-10H,2H2,1H3. The molecule has 92 valence electrons. The highest BCUT2D eigenvalue weighted by Gasteiger charge is 2.03. The van der Waals surface area contributed by atoms with Crippen LogP contribution in [-0.4, -0.2) is 5.78 Å². The Morgan fingerprint density at radius 1 is 1.11 bits per heavy atom. The highest BCUT2D eigenvalue weighted by molar-refractivity contribution is 6.30. The summed E-state index contributed by atoms with van der Waals surface area (Å²) in [5.41, 5.74) is 0.705. The molecule has 0 unspecified atom stereocenters. The molecule has 18 heavy (non-hydrogen) atoms. The number of hydrogen-bond donors (Lipinski definition) is 0. The highest BCUT2D eigenvalue weighted by Crippen LogP contribution is 2.24. The average Bonchev–Trinajstić information content (AvgIpc) is 2.39. The average molecular weight is 261 g/mol. The smallest absolute Gasteiger partial charge is 0.162 e. The van der Waals surface area contributed by atoms with Gasteiger partial charge in [0, 0.05) is 17.0 Å². The van der Waals surface area contributed by atoms with Gasteiger partial charge in [-0.15, -0.1) is 0 Å². The second-order valence-electron chi connectivity index (χ2n) is 3.86. The Balaban J connectivity index is 2.13. The summed E-state index contributed by atoms with van der Waals surface area (Å²) in [4.78, 5) is 11.5. The molecule has 2 aromatic carbocycles. The van der Waals surface area contributed by atoms with Gasteiger partial charge in [0.2, 0.25) is 0 Å². The minimum absolute atomic E-state index is 0.129. The third-order valence-electron chi connectivity index (χ3n) is 2.53. The lowest BCUT2D eigenvalue weighted by atomic mass is 10.1. The Hall–Kier alpha value is -1.80. The second-order valence-corrected chi connectivity index (χ2v) is 4.30. The Bertz CT molecular complexity index is 547. The van der Waals surface area contributed by atoms with E-state index in [1.54, 1.807) is 36.4 Å². The van der Waals surface area contributed by atoms with Crippen molar-refractivity contribution >= 4 is 17.4 Å². The number of ketones is 1. The Morgan fingerprint density at radius 2 is 1.83 bits per heavy atom. The molecule has 0 aliphatic carbocycles. The van der Waals surface area contributed by atoms with E-state index in [1.165, 1.54) is 0 Å². The molecule has 0 saturated carbocycles. The van der Waals surface area contributed by atoms with Crippen LogP contribution in [0.4, 0.5) is 0 Å². The lowest BCUT2D eigenvalue weighted by Crippen LogP contribution is -1.95. The van der Waals surface area contributed by atoms with Gasteiger partial charge < -0.3 is 4.74 Å². The summed E-state index contributed by atoms with van der Waals surface area (Å²) < 4.78 is 5.63. The second kappa shape index (κ2) is 5.69. The van der Waals surface area contributed by atoms with E-state index in [1.807, 2.05) is 19.1 Å². The molecule has 0 N–H and O–H groups in total. The molecule has 0 aliphatic rings. The summed E-state index contributed by atoms with van der Waals surface area (Å²) in [7, 11) is 0. The van der Waals surface area contributed by atoms with E-state index >= 15 is 0 Å². The van der Waals surface area contributed by atoms with Crippen LogP contribution in [0.1, 0.15) is 23.7 Å². The molecule has 2 aromatic rings. The van der Waals surface area contributed by atoms with Crippen LogP contribution in [0.2, 0.25) is 5.02 Å². The van der Waals surface area contributed by atoms with E-state index in [2.05, 4.69) is 0 Å². The quantitative estimate of drug-likeness (QED) is 0.743. The summed E-state index contributed by atoms with van der Waals surface area (Å²) in [5, 5.41) is 0.630. The van der Waals surface area contributed by atoms with Crippen molar-refractivity contribution in [2.45, 2.75) is 13.3 Å². The van der Waals surface area contributed by atoms with Crippen molar-refractivity contribution in [3.8, 4) is 11.5 Å². The maximum absolute atomic E-state index is 11.5. The number of ether oxygens (including phenoxy) is 1. The third-order valence-corrected chi connectivity index (χ3v) is 2.76. The molecule has 2 rings (SSSR count). The summed E-state index contributed by atoms with van der Waals surface area (Å²) in [5.74, 6) is 1.49. The molecule has 0 radical (unpaired) electrons. The lowest BCUT2D eigenvalue weighted by Gasteiger charge is -2.06. The predicted octanol–water partition coefficient (Wildman–Crippen LogP) is 4.73. The molecule has 0 aliphatic heterocycles. The Labute approximate surface area is 111 Å². The number of rotatable bonds is 4. The van der Waals surface area contributed by atoms with E-state index in [0.29, 0.717) is 28.5 Å². The van der Waals surface area contributed by atoms with Gasteiger partial charge in [-0.2, -0.15) is 0 Å². The topological polar surface area (TPSA) is 26.3 Å². The number of carbonyl (C=O) groups excluding carboxylic acids is 1. The molecule has 3 heteroatoms. The molecule has 0 fully saturated rings. The van der Waals surface area contributed by atoms with Crippen LogP contribution in [0.25, 0.3) is 0 Å². The van der Waals surface area contributed by atoms with E-state index in [4.69, 9.17) is 16.3 Å². The molecule has 0 heterocycles. The van der Waals surface area contributed by atoms with Gasteiger partial charge in [-0.25, -0.2) is 0 Å². The largest absolute Gasteiger partial charge is 0.457 e. The van der Waals surface area contributed by atoms with Crippen molar-refractivity contribution in [1.29, 1.82) is 0 Å². The number of hydrogen-bond acceptors (Lipinski definition) is 2. The van der Waals surface area contributed by atoms with Crippen LogP contribution in [-0.2, 0) is 0 Å². The SMILES string of the molecule is CCC(=O)c1ccc(Oc2cccc(Cl)c2)cc1. The van der Waals surface area contributed by atoms with Crippen molar-refractivity contribution < 1.29 is 9.53 Å². The fourth-order valence-corrected chi connectivity index (χ4v) is 1.76. The van der Waals surface area contributed by atoms with Crippen molar-refractivity contribution in [2.24, 2.45) is 0 Å². The molecule has 0 spiro atoms. The summed E-state index contributed by atoms with van der Waals surface area (Å²) in [6, 6.07) is 14.3. The van der Waals surface area contributed by atoms with Crippen LogP contribution < -0.4 is 4.74 Å². The van der Waals surface area contributed by atoms with E-state index in [9.17, 15) is 4.79 Å². The normalized spacial score (nSPS) is 10.1. The van der Waals surface area contributed by atoms with E-state index in [0.717, 1.165) is 0 Å². The molecule has 0 aromatic heterocycles. The van der Waals surface area contributed by atoms with Gasteiger partial charge in [0.15, 0.2) is 5.78 Å². The van der Waals surface area contributed by atoms with Crippen LogP contribution in [0.15, 0.2) is 48.5 Å². The van der Waals surface area contributed by atoms with Crippen LogP contribution in [0.5, 0.6) is 11.5 Å². The number of benzene rings is 2. The first kappa shape index (κ1) is 12.7. The van der Waals surface area contributed by atoms with Crippen LogP contribution in [0, 0.1) is 0 Å². The monoisotopic (exact) mass is 260 g/mol. The van der Waals surface area contributed by atoms with E-state index in [-0.39, 0.29) is 5.78 Å². The fourth-order valence-electron chi connectivity index (χ4n) is 1.58. The zero-order chi connectivity index (χ0) is 13.0. The molecule has 0 saturated heterocycles. The van der Waals surface area contributed by atoms with Gasteiger partial charge in [-0.1, -0.05) is 24.6 Å². The molecule has 2 nitrogen and oxygen atoms in total. The minimum Gasteiger partial charge on any atom is -0.457 e. The summed E-state index contributed by atoms with van der Waals surface area (Å²) in [6.07, 6.45) is 0.508. The molecular formula is C15H13ClO2. The highest BCUT2D eigenvalue weighted by atomic mass is 35.5. The zero-order valence-electron chi connectivity index (χ0n) is 10.0. The predicted molar refractivity (Wildman–Crippen MR) is 72.6 cm³/mol. The van der Waals surface area contributed by atoms with Gasteiger partial charge >= 0.3 is 0 Å². The first-order chi connectivity index (χ1) is 8.69. The summed E-state index contributed by atoms with van der Waals surface area (Å²) >= 11 is 5.87. The molecule has 0 amide bonds. The maximum Gasteiger partial charge on any atom is 0.162 e. The van der Waals surface area contributed by atoms with Crippen LogP contribution >= 0.6 is 11.6 Å². The van der Waals surface area contributed by atoms with Gasteiger partial charge in [0.05, 0.1) is 0 Å². The third kappa shape index (κ3) is 3.11. The molecule has 0 bridgehead atoms. The van der Waals surface area contributed by atoms with Gasteiger partial charge in [-0.3, -0.25) is 4.79 Å². The number of Topliss-reactive ketones (excluding diaryl/α,β-unsaturated/α-hetero) is 1. The van der Waals surface area contributed by atoms with E-state index < -0.39 is 0 Å². The summed E-state index contributed by atoms with van der Waals surface area (Å²) in [6.45, 7) is 1.85. The fraction of sp³-hybridized carbons (Fsp3) is 0.133. The number of halogens is 1. The van der Waals surface area contributed by atoms with Gasteiger partial charge in [0.25, 0.3) is 0 Å². The minimum atomic E-state index is 0.129. The number of carbonyl (C=O) groups is 1. The molecular weight excluding hydrogens is 248 g/mol. The first-order valence-corrected chi connectivity index (χ1v) is 6.13. The van der Waals surface area contributed by atoms with Crippen molar-refractivity contribution in [2.75, 3.05) is 0 Å². The molecule has 0 atom stereocenters. The maximum atomic E-state index is 11.5. The zero-order valence-corrected chi connectivity index (χ0v) is 10.8. The Kier molecular flexibility index (Phi) is 4.00. The van der Waals surface area contributed by atoms with Crippen molar-refractivity contribution in [3.05, 3.63) is 59.1 Å².